The van der Waals surface area contributed by atoms with Gasteiger partial charge in [0.05, 0.1) is 5.69 Å². The maximum absolute atomic E-state index is 13.8. The molecule has 2 aromatic rings. The number of nitrogens with zero attached hydrogens (tertiary/aromatic N) is 2. The Balaban J connectivity index is 1.70. The molecule has 2 aromatic carbocycles. The second-order valence-electron chi connectivity index (χ2n) is 5.48. The van der Waals surface area contributed by atoms with E-state index in [4.69, 9.17) is 0 Å². The SMILES string of the molecule is O=C(c1cccc(F)c1)N1CCN(c2ccc(F)c(F)c2F)CC1. The van der Waals surface area contributed by atoms with E-state index in [0.717, 1.165) is 12.1 Å². The first kappa shape index (κ1) is 16.3. The van der Waals surface area contributed by atoms with E-state index in [-0.39, 0.29) is 43.3 Å². The number of hydrogen-bond acceptors (Lipinski definition) is 2. The van der Waals surface area contributed by atoms with Crippen LogP contribution in [0.2, 0.25) is 0 Å². The number of anilines is 1. The van der Waals surface area contributed by atoms with Gasteiger partial charge in [-0.3, -0.25) is 4.79 Å². The molecule has 0 N–H and O–H groups in total. The van der Waals surface area contributed by atoms with Crippen molar-refractivity contribution in [2.45, 2.75) is 0 Å². The van der Waals surface area contributed by atoms with Gasteiger partial charge in [0.2, 0.25) is 0 Å². The zero-order valence-electron chi connectivity index (χ0n) is 12.6. The molecule has 0 unspecified atom stereocenters. The van der Waals surface area contributed by atoms with E-state index >= 15 is 0 Å². The molecule has 3 nitrogen and oxygen atoms in total. The molecule has 0 radical (unpaired) electrons. The highest BCUT2D eigenvalue weighted by Crippen LogP contribution is 2.25. The Morgan fingerprint density at radius 3 is 2.25 bits per heavy atom. The summed E-state index contributed by atoms with van der Waals surface area (Å²) in [5, 5.41) is 0. The van der Waals surface area contributed by atoms with Gasteiger partial charge >= 0.3 is 0 Å². The molecule has 1 fully saturated rings. The van der Waals surface area contributed by atoms with Gasteiger partial charge in [0.25, 0.3) is 5.91 Å². The van der Waals surface area contributed by atoms with Gasteiger partial charge in [-0.05, 0) is 30.3 Å². The summed E-state index contributed by atoms with van der Waals surface area (Å²) >= 11 is 0. The molecule has 24 heavy (non-hydrogen) atoms. The molecule has 1 heterocycles. The average molecular weight is 338 g/mol. The van der Waals surface area contributed by atoms with Crippen LogP contribution in [0.25, 0.3) is 0 Å². The van der Waals surface area contributed by atoms with E-state index in [1.165, 1.54) is 29.2 Å². The molecular formula is C17H14F4N2O. The van der Waals surface area contributed by atoms with E-state index in [1.54, 1.807) is 4.90 Å². The molecule has 1 aliphatic rings. The number of amides is 1. The average Bonchev–Trinajstić information content (AvgIpc) is 2.59. The monoisotopic (exact) mass is 338 g/mol. The highest BCUT2D eigenvalue weighted by Gasteiger charge is 2.25. The van der Waals surface area contributed by atoms with Crippen molar-refractivity contribution in [2.24, 2.45) is 0 Å². The lowest BCUT2D eigenvalue weighted by Gasteiger charge is -2.36. The number of carbonyl (C=O) groups is 1. The number of rotatable bonds is 2. The van der Waals surface area contributed by atoms with Crippen LogP contribution in [-0.2, 0) is 0 Å². The Bertz CT molecular complexity index is 773. The fourth-order valence-electron chi connectivity index (χ4n) is 2.71. The summed E-state index contributed by atoms with van der Waals surface area (Å²) in [7, 11) is 0. The van der Waals surface area contributed by atoms with Crippen molar-refractivity contribution in [1.29, 1.82) is 0 Å². The first-order valence-corrected chi connectivity index (χ1v) is 7.40. The zero-order chi connectivity index (χ0) is 17.3. The molecule has 0 saturated carbocycles. The molecule has 0 spiro atoms. The summed E-state index contributed by atoms with van der Waals surface area (Å²) in [4.78, 5) is 15.4. The van der Waals surface area contributed by atoms with Crippen molar-refractivity contribution >= 4 is 11.6 Å². The molecule has 1 aliphatic heterocycles. The summed E-state index contributed by atoms with van der Waals surface area (Å²) in [6, 6.07) is 7.43. The van der Waals surface area contributed by atoms with Crippen molar-refractivity contribution in [1.82, 2.24) is 4.90 Å². The topological polar surface area (TPSA) is 23.6 Å². The number of benzene rings is 2. The minimum absolute atomic E-state index is 0.0354. The molecule has 0 aromatic heterocycles. The Labute approximate surface area is 136 Å². The molecule has 0 atom stereocenters. The minimum Gasteiger partial charge on any atom is -0.366 e. The van der Waals surface area contributed by atoms with Crippen molar-refractivity contribution in [3.05, 3.63) is 65.2 Å². The lowest BCUT2D eigenvalue weighted by Crippen LogP contribution is -2.49. The van der Waals surface area contributed by atoms with Crippen molar-refractivity contribution in [2.75, 3.05) is 31.1 Å². The van der Waals surface area contributed by atoms with Crippen molar-refractivity contribution < 1.29 is 22.4 Å². The summed E-state index contributed by atoms with van der Waals surface area (Å²) in [6.07, 6.45) is 0. The number of piperazine rings is 1. The number of hydrogen-bond donors (Lipinski definition) is 0. The zero-order valence-corrected chi connectivity index (χ0v) is 12.6. The largest absolute Gasteiger partial charge is 0.366 e. The van der Waals surface area contributed by atoms with Gasteiger partial charge in [-0.15, -0.1) is 0 Å². The summed E-state index contributed by atoms with van der Waals surface area (Å²) in [6.45, 7) is 1.08. The van der Waals surface area contributed by atoms with Crippen LogP contribution in [0.5, 0.6) is 0 Å². The van der Waals surface area contributed by atoms with Crippen LogP contribution in [0.4, 0.5) is 23.2 Å². The first-order valence-electron chi connectivity index (χ1n) is 7.40. The van der Waals surface area contributed by atoms with Crippen LogP contribution in [0.1, 0.15) is 10.4 Å². The van der Waals surface area contributed by atoms with Crippen molar-refractivity contribution in [3.8, 4) is 0 Å². The molecule has 1 amide bonds. The molecule has 7 heteroatoms. The van der Waals surface area contributed by atoms with E-state index < -0.39 is 23.3 Å². The van der Waals surface area contributed by atoms with Gasteiger partial charge in [0.1, 0.15) is 5.82 Å². The predicted octanol–water partition coefficient (Wildman–Crippen LogP) is 3.21. The van der Waals surface area contributed by atoms with E-state index in [0.29, 0.717) is 0 Å². The van der Waals surface area contributed by atoms with Crippen LogP contribution in [0.3, 0.4) is 0 Å². The van der Waals surface area contributed by atoms with Gasteiger partial charge in [-0.25, -0.2) is 17.6 Å². The lowest BCUT2D eigenvalue weighted by molar-refractivity contribution is 0.0746. The lowest BCUT2D eigenvalue weighted by atomic mass is 10.1. The van der Waals surface area contributed by atoms with Gasteiger partial charge < -0.3 is 9.80 Å². The van der Waals surface area contributed by atoms with E-state index in [1.807, 2.05) is 0 Å². The summed E-state index contributed by atoms with van der Waals surface area (Å²) < 4.78 is 53.4. The maximum Gasteiger partial charge on any atom is 0.254 e. The fraction of sp³-hybridized carbons (Fsp3) is 0.235. The Morgan fingerprint density at radius 1 is 0.875 bits per heavy atom. The molecular weight excluding hydrogens is 324 g/mol. The molecule has 126 valence electrons. The van der Waals surface area contributed by atoms with E-state index in [9.17, 15) is 22.4 Å². The normalized spacial score (nSPS) is 14.8. The first-order chi connectivity index (χ1) is 11.5. The van der Waals surface area contributed by atoms with Gasteiger partial charge in [-0.1, -0.05) is 6.07 Å². The third kappa shape index (κ3) is 3.06. The van der Waals surface area contributed by atoms with Gasteiger partial charge in [-0.2, -0.15) is 0 Å². The van der Waals surface area contributed by atoms with E-state index in [2.05, 4.69) is 0 Å². The Kier molecular flexibility index (Phi) is 4.42. The molecule has 0 aliphatic carbocycles. The van der Waals surface area contributed by atoms with Crippen LogP contribution in [0, 0.1) is 23.3 Å². The quantitative estimate of drug-likeness (QED) is 0.620. The van der Waals surface area contributed by atoms with Crippen molar-refractivity contribution in [3.63, 3.8) is 0 Å². The van der Waals surface area contributed by atoms with Gasteiger partial charge in [0.15, 0.2) is 17.5 Å². The second kappa shape index (κ2) is 6.51. The third-order valence-electron chi connectivity index (χ3n) is 3.99. The standard InChI is InChI=1S/C17H14F4N2O/c18-12-3-1-2-11(10-12)17(24)23-8-6-22(7-9-23)14-5-4-13(19)15(20)16(14)21/h1-5,10H,6-9H2. The molecule has 3 rings (SSSR count). The van der Waals surface area contributed by atoms with Crippen LogP contribution < -0.4 is 4.90 Å². The highest BCUT2D eigenvalue weighted by atomic mass is 19.2. The van der Waals surface area contributed by atoms with Crippen LogP contribution in [-0.4, -0.2) is 37.0 Å². The van der Waals surface area contributed by atoms with Crippen LogP contribution in [0.15, 0.2) is 36.4 Å². The fourth-order valence-corrected chi connectivity index (χ4v) is 2.71. The Hall–Kier alpha value is -2.57. The summed E-state index contributed by atoms with van der Waals surface area (Å²) in [5.41, 5.74) is 0.203. The number of carbonyl (C=O) groups excluding carboxylic acids is 1. The van der Waals surface area contributed by atoms with Crippen LogP contribution >= 0.6 is 0 Å². The predicted molar refractivity (Wildman–Crippen MR) is 80.8 cm³/mol. The molecule has 1 saturated heterocycles. The third-order valence-corrected chi connectivity index (χ3v) is 3.99. The second-order valence-corrected chi connectivity index (χ2v) is 5.48. The smallest absolute Gasteiger partial charge is 0.254 e. The minimum atomic E-state index is -1.51. The number of halogens is 4. The molecule has 0 bridgehead atoms. The Morgan fingerprint density at radius 2 is 1.58 bits per heavy atom. The van der Waals surface area contributed by atoms with Gasteiger partial charge in [0, 0.05) is 31.7 Å². The summed E-state index contributed by atoms with van der Waals surface area (Å²) in [5.74, 6) is -4.80. The highest BCUT2D eigenvalue weighted by molar-refractivity contribution is 5.94. The maximum atomic E-state index is 13.8.